The molecule has 2 aromatic rings. The van der Waals surface area contributed by atoms with E-state index < -0.39 is 41.8 Å². The largest absolute Gasteiger partial charge is 0.384 e. The number of aliphatic hydroxyl groups excluding tert-OH is 1. The van der Waals surface area contributed by atoms with Crippen LogP contribution in [0.4, 0.5) is 13.2 Å². The van der Waals surface area contributed by atoms with E-state index in [-0.39, 0.29) is 30.3 Å². The summed E-state index contributed by atoms with van der Waals surface area (Å²) in [6, 6.07) is 2.62. The van der Waals surface area contributed by atoms with Gasteiger partial charge >= 0.3 is 0 Å². The standard InChI is InChI=1S/C25H33F3N4O3/c1-3-31-14-22(19-10-18(26)4-5-20(19)27)30-24(31)23(16-6-8-35-9-7-16)32(25(34)15(2)33)13-17-11-29-12-21(17)28/h4-5,10,14-17,21,23,29,33H,3,6-9,11-13H2,1-2H3/t15-,17?,21?,23?/m0/s1. The van der Waals surface area contributed by atoms with Gasteiger partial charge in [-0.25, -0.2) is 18.2 Å². The van der Waals surface area contributed by atoms with Gasteiger partial charge in [-0.05, 0) is 50.8 Å². The van der Waals surface area contributed by atoms with Gasteiger partial charge in [0.05, 0.1) is 11.7 Å². The van der Waals surface area contributed by atoms with Gasteiger partial charge in [0.15, 0.2) is 0 Å². The Morgan fingerprint density at radius 3 is 2.69 bits per heavy atom. The predicted molar refractivity (Wildman–Crippen MR) is 124 cm³/mol. The number of ether oxygens (including phenoxy) is 1. The molecule has 2 fully saturated rings. The number of imidazole rings is 1. The monoisotopic (exact) mass is 494 g/mol. The molecule has 0 spiro atoms. The van der Waals surface area contributed by atoms with E-state index in [4.69, 9.17) is 9.72 Å². The third-order valence-electron chi connectivity index (χ3n) is 6.99. The molecule has 2 aliphatic heterocycles. The fourth-order valence-corrected chi connectivity index (χ4v) is 5.09. The minimum atomic E-state index is -1.28. The molecule has 1 aromatic carbocycles. The van der Waals surface area contributed by atoms with Crippen LogP contribution in [0.5, 0.6) is 0 Å². The van der Waals surface area contributed by atoms with Crippen molar-refractivity contribution >= 4 is 5.91 Å². The Kier molecular flexibility index (Phi) is 8.13. The summed E-state index contributed by atoms with van der Waals surface area (Å²) in [5.74, 6) is -1.67. The number of aryl methyl sites for hydroxylation is 1. The minimum absolute atomic E-state index is 0.0291. The molecule has 1 amide bonds. The van der Waals surface area contributed by atoms with Gasteiger partial charge in [-0.2, -0.15) is 0 Å². The SMILES string of the molecule is CCn1cc(-c2cc(F)ccc2F)nc1C(C1CCOCC1)N(CC1CNCC1F)C(=O)[C@H](C)O. The average Bonchev–Trinajstić information content (AvgIpc) is 3.46. The van der Waals surface area contributed by atoms with E-state index in [0.29, 0.717) is 45.0 Å². The number of carbonyl (C=O) groups is 1. The molecule has 0 aliphatic carbocycles. The maximum Gasteiger partial charge on any atom is 0.251 e. The maximum atomic E-state index is 14.6. The topological polar surface area (TPSA) is 79.6 Å². The molecule has 0 radical (unpaired) electrons. The number of rotatable bonds is 8. The van der Waals surface area contributed by atoms with Crippen molar-refractivity contribution in [3.63, 3.8) is 0 Å². The Morgan fingerprint density at radius 2 is 2.06 bits per heavy atom. The summed E-state index contributed by atoms with van der Waals surface area (Å²) in [6.45, 7) is 5.54. The summed E-state index contributed by atoms with van der Waals surface area (Å²) < 4.78 is 50.5. The van der Waals surface area contributed by atoms with Crippen LogP contribution >= 0.6 is 0 Å². The molecule has 3 unspecified atom stereocenters. The Morgan fingerprint density at radius 1 is 1.31 bits per heavy atom. The number of nitrogens with zero attached hydrogens (tertiary/aromatic N) is 3. The molecule has 35 heavy (non-hydrogen) atoms. The highest BCUT2D eigenvalue weighted by Gasteiger charge is 2.40. The van der Waals surface area contributed by atoms with E-state index in [2.05, 4.69) is 5.32 Å². The number of aromatic nitrogens is 2. The number of aliphatic hydroxyl groups is 1. The summed E-state index contributed by atoms with van der Waals surface area (Å²) in [5, 5.41) is 13.3. The molecule has 0 bridgehead atoms. The number of alkyl halides is 1. The lowest BCUT2D eigenvalue weighted by atomic mass is 9.88. The summed E-state index contributed by atoms with van der Waals surface area (Å²) in [6.07, 6.45) is 0.555. The molecule has 2 saturated heterocycles. The molecule has 2 aliphatic rings. The average molecular weight is 495 g/mol. The Labute approximate surface area is 203 Å². The van der Waals surface area contributed by atoms with Gasteiger partial charge in [-0.3, -0.25) is 4.79 Å². The first-order valence-corrected chi connectivity index (χ1v) is 12.2. The zero-order valence-electron chi connectivity index (χ0n) is 20.1. The zero-order valence-corrected chi connectivity index (χ0v) is 20.1. The van der Waals surface area contributed by atoms with Gasteiger partial charge in [0.2, 0.25) is 0 Å². The first-order valence-electron chi connectivity index (χ1n) is 12.2. The lowest BCUT2D eigenvalue weighted by Crippen LogP contribution is -2.48. The van der Waals surface area contributed by atoms with Crippen LogP contribution < -0.4 is 5.32 Å². The summed E-state index contributed by atoms with van der Waals surface area (Å²) in [7, 11) is 0. The van der Waals surface area contributed by atoms with Crippen LogP contribution in [0.2, 0.25) is 0 Å². The predicted octanol–water partition coefficient (Wildman–Crippen LogP) is 3.08. The lowest BCUT2D eigenvalue weighted by molar-refractivity contribution is -0.145. The Balaban J connectivity index is 1.81. The number of carbonyl (C=O) groups excluding carboxylic acids is 1. The van der Waals surface area contributed by atoms with Crippen molar-refractivity contribution in [2.75, 3.05) is 32.8 Å². The van der Waals surface area contributed by atoms with Gasteiger partial charge in [0.25, 0.3) is 5.91 Å². The third kappa shape index (κ3) is 5.54. The van der Waals surface area contributed by atoms with Crippen LogP contribution in [-0.4, -0.2) is 70.6 Å². The molecule has 2 N–H and O–H groups in total. The number of halogens is 3. The van der Waals surface area contributed by atoms with Gasteiger partial charge in [0.1, 0.15) is 29.7 Å². The van der Waals surface area contributed by atoms with Crippen molar-refractivity contribution in [1.82, 2.24) is 19.8 Å². The molecule has 1 aromatic heterocycles. The Bertz CT molecular complexity index is 1030. The van der Waals surface area contributed by atoms with Crippen molar-refractivity contribution in [2.45, 2.75) is 51.6 Å². The van der Waals surface area contributed by atoms with Gasteiger partial charge in [-0.15, -0.1) is 0 Å². The van der Waals surface area contributed by atoms with Crippen LogP contribution in [0.25, 0.3) is 11.3 Å². The first kappa shape index (κ1) is 25.7. The molecule has 7 nitrogen and oxygen atoms in total. The van der Waals surface area contributed by atoms with Crippen molar-refractivity contribution in [3.8, 4) is 11.3 Å². The van der Waals surface area contributed by atoms with Crippen LogP contribution in [-0.2, 0) is 16.1 Å². The van der Waals surface area contributed by atoms with Crippen molar-refractivity contribution in [2.24, 2.45) is 11.8 Å². The summed E-state index contributed by atoms with van der Waals surface area (Å²) >= 11 is 0. The third-order valence-corrected chi connectivity index (χ3v) is 6.99. The molecule has 192 valence electrons. The van der Waals surface area contributed by atoms with Crippen LogP contribution in [0.15, 0.2) is 24.4 Å². The maximum absolute atomic E-state index is 14.6. The van der Waals surface area contributed by atoms with E-state index in [1.807, 2.05) is 11.5 Å². The molecular weight excluding hydrogens is 461 g/mol. The smallest absolute Gasteiger partial charge is 0.251 e. The second kappa shape index (κ2) is 11.1. The van der Waals surface area contributed by atoms with E-state index in [0.717, 1.165) is 18.2 Å². The molecule has 4 atom stereocenters. The van der Waals surface area contributed by atoms with Crippen LogP contribution in [0.1, 0.15) is 38.6 Å². The normalized spacial score (nSPS) is 22.8. The highest BCUT2D eigenvalue weighted by Crippen LogP contribution is 2.38. The van der Waals surface area contributed by atoms with Gasteiger partial charge in [0, 0.05) is 57.1 Å². The quantitative estimate of drug-likeness (QED) is 0.590. The summed E-state index contributed by atoms with van der Waals surface area (Å²) in [4.78, 5) is 19.6. The molecule has 10 heteroatoms. The van der Waals surface area contributed by atoms with Gasteiger partial charge in [-0.1, -0.05) is 0 Å². The van der Waals surface area contributed by atoms with E-state index >= 15 is 0 Å². The van der Waals surface area contributed by atoms with E-state index in [9.17, 15) is 23.1 Å². The molecule has 0 saturated carbocycles. The molecule has 3 heterocycles. The van der Waals surface area contributed by atoms with Crippen LogP contribution in [0, 0.1) is 23.5 Å². The molecular formula is C25H33F3N4O3. The lowest BCUT2D eigenvalue weighted by Gasteiger charge is -2.40. The number of benzene rings is 1. The second-order valence-corrected chi connectivity index (χ2v) is 9.39. The minimum Gasteiger partial charge on any atom is -0.384 e. The highest BCUT2D eigenvalue weighted by atomic mass is 19.1. The van der Waals surface area contributed by atoms with Gasteiger partial charge < -0.3 is 24.6 Å². The fourth-order valence-electron chi connectivity index (χ4n) is 5.09. The van der Waals surface area contributed by atoms with E-state index in [1.165, 1.54) is 6.92 Å². The highest BCUT2D eigenvalue weighted by molar-refractivity contribution is 5.80. The number of amides is 1. The molecule has 4 rings (SSSR count). The van der Waals surface area contributed by atoms with E-state index in [1.54, 1.807) is 11.1 Å². The number of hydrogen-bond acceptors (Lipinski definition) is 5. The summed E-state index contributed by atoms with van der Waals surface area (Å²) in [5.41, 5.74) is 0.285. The van der Waals surface area contributed by atoms with Crippen molar-refractivity contribution in [3.05, 3.63) is 41.9 Å². The fraction of sp³-hybridized carbons (Fsp3) is 0.600. The zero-order chi connectivity index (χ0) is 25.1. The van der Waals surface area contributed by atoms with Crippen LogP contribution in [0.3, 0.4) is 0 Å². The Hall–Kier alpha value is -2.43. The second-order valence-electron chi connectivity index (χ2n) is 9.39. The van der Waals surface area contributed by atoms with Crippen molar-refractivity contribution < 1.29 is 27.8 Å². The number of hydrogen-bond donors (Lipinski definition) is 2. The number of nitrogens with one attached hydrogen (secondary N) is 1. The van der Waals surface area contributed by atoms with Crippen molar-refractivity contribution in [1.29, 1.82) is 0 Å². The first-order chi connectivity index (χ1) is 16.8.